The van der Waals surface area contributed by atoms with Crippen LogP contribution in [0.4, 0.5) is 10.1 Å². The van der Waals surface area contributed by atoms with Crippen LogP contribution in [0, 0.1) is 12.7 Å². The number of rotatable bonds is 6. The Bertz CT molecular complexity index is 1270. The molecule has 2 heterocycles. The zero-order chi connectivity index (χ0) is 21.1. The van der Waals surface area contributed by atoms with Crippen LogP contribution in [-0.4, -0.2) is 21.2 Å². The molecule has 1 amide bonds. The summed E-state index contributed by atoms with van der Waals surface area (Å²) in [5.41, 5.74) is 2.54. The number of amides is 1. The third-order valence-corrected chi connectivity index (χ3v) is 6.35. The molecule has 0 aliphatic heterocycles. The summed E-state index contributed by atoms with van der Waals surface area (Å²) >= 11 is 2.46. The van der Waals surface area contributed by atoms with Gasteiger partial charge in [0.15, 0.2) is 5.16 Å². The van der Waals surface area contributed by atoms with E-state index in [0.29, 0.717) is 26.6 Å². The second-order valence-electron chi connectivity index (χ2n) is 6.71. The highest BCUT2D eigenvalue weighted by Gasteiger charge is 2.16. The van der Waals surface area contributed by atoms with Gasteiger partial charge in [0.1, 0.15) is 10.5 Å². The van der Waals surface area contributed by atoms with Crippen molar-refractivity contribution < 1.29 is 9.18 Å². The molecule has 0 saturated carbocycles. The van der Waals surface area contributed by atoms with Crippen molar-refractivity contribution in [3.63, 3.8) is 0 Å². The number of hydrogen-bond acceptors (Lipinski definition) is 5. The first kappa shape index (κ1) is 20.3. The Morgan fingerprint density at radius 3 is 2.70 bits per heavy atom. The van der Waals surface area contributed by atoms with Crippen LogP contribution in [0.2, 0.25) is 0 Å². The Hall–Kier alpha value is -2.97. The molecule has 0 atom stereocenters. The maximum Gasteiger partial charge on any atom is 0.272 e. The Morgan fingerprint density at radius 2 is 1.93 bits per heavy atom. The predicted molar refractivity (Wildman–Crippen MR) is 120 cm³/mol. The number of benzene rings is 2. The van der Waals surface area contributed by atoms with Crippen LogP contribution >= 0.6 is 23.1 Å². The molecule has 152 valence electrons. The minimum Gasteiger partial charge on any atom is -0.325 e. The van der Waals surface area contributed by atoms with Crippen LogP contribution in [0.1, 0.15) is 11.1 Å². The molecule has 0 spiro atoms. The van der Waals surface area contributed by atoms with Gasteiger partial charge in [-0.25, -0.2) is 9.37 Å². The summed E-state index contributed by atoms with van der Waals surface area (Å²) in [5, 5.41) is 5.01. The summed E-state index contributed by atoms with van der Waals surface area (Å²) in [4.78, 5) is 29.9. The minimum absolute atomic E-state index is 0.0499. The van der Waals surface area contributed by atoms with Crippen molar-refractivity contribution in [2.45, 2.75) is 18.6 Å². The zero-order valence-electron chi connectivity index (χ0n) is 16.1. The molecule has 0 saturated heterocycles. The number of aryl methyl sites for hydroxylation is 1. The minimum atomic E-state index is -0.385. The van der Waals surface area contributed by atoms with Crippen LogP contribution < -0.4 is 10.9 Å². The molecule has 8 heteroatoms. The molecular formula is C22H18FN3O2S2. The lowest BCUT2D eigenvalue weighted by Gasteiger charge is -2.13. The van der Waals surface area contributed by atoms with Gasteiger partial charge < -0.3 is 5.32 Å². The van der Waals surface area contributed by atoms with Crippen LogP contribution in [0.5, 0.6) is 0 Å². The first-order valence-corrected chi connectivity index (χ1v) is 11.1. The van der Waals surface area contributed by atoms with Crippen LogP contribution in [0.3, 0.4) is 0 Å². The molecule has 0 aliphatic carbocycles. The molecule has 30 heavy (non-hydrogen) atoms. The van der Waals surface area contributed by atoms with E-state index in [0.717, 1.165) is 17.3 Å². The fourth-order valence-corrected chi connectivity index (χ4v) is 4.51. The van der Waals surface area contributed by atoms with Gasteiger partial charge in [0.05, 0.1) is 17.8 Å². The van der Waals surface area contributed by atoms with Gasteiger partial charge in [-0.2, -0.15) is 0 Å². The lowest BCUT2D eigenvalue weighted by Crippen LogP contribution is -2.24. The van der Waals surface area contributed by atoms with Crippen molar-refractivity contribution in [1.29, 1.82) is 0 Å². The van der Waals surface area contributed by atoms with Crippen molar-refractivity contribution in [1.82, 2.24) is 9.55 Å². The Morgan fingerprint density at radius 1 is 1.17 bits per heavy atom. The van der Waals surface area contributed by atoms with Crippen LogP contribution in [0.15, 0.2) is 69.9 Å². The fraction of sp³-hybridized carbons (Fsp3) is 0.136. The van der Waals surface area contributed by atoms with E-state index in [1.807, 2.05) is 31.2 Å². The number of aromatic nitrogens is 2. The summed E-state index contributed by atoms with van der Waals surface area (Å²) in [7, 11) is 0. The summed E-state index contributed by atoms with van der Waals surface area (Å²) in [6.45, 7) is 2.02. The first-order chi connectivity index (χ1) is 14.5. The number of carbonyl (C=O) groups is 1. The van der Waals surface area contributed by atoms with E-state index in [4.69, 9.17) is 0 Å². The third kappa shape index (κ3) is 4.44. The molecule has 2 aromatic carbocycles. The lowest BCUT2D eigenvalue weighted by molar-refractivity contribution is -0.113. The van der Waals surface area contributed by atoms with Crippen molar-refractivity contribution >= 4 is 44.9 Å². The largest absolute Gasteiger partial charge is 0.325 e. The highest BCUT2D eigenvalue weighted by atomic mass is 32.2. The second kappa shape index (κ2) is 8.81. The number of carbonyl (C=O) groups excluding carboxylic acids is 1. The normalized spacial score (nSPS) is 11.0. The molecule has 0 radical (unpaired) electrons. The molecule has 0 unspecified atom stereocenters. The van der Waals surface area contributed by atoms with Gasteiger partial charge in [0.25, 0.3) is 5.56 Å². The smallest absolute Gasteiger partial charge is 0.272 e. The summed E-state index contributed by atoms with van der Waals surface area (Å²) < 4.78 is 16.1. The van der Waals surface area contributed by atoms with E-state index in [9.17, 15) is 14.0 Å². The molecule has 4 rings (SSSR count). The monoisotopic (exact) mass is 439 g/mol. The van der Waals surface area contributed by atoms with Gasteiger partial charge in [-0.3, -0.25) is 14.2 Å². The summed E-state index contributed by atoms with van der Waals surface area (Å²) in [6.07, 6.45) is 0. The van der Waals surface area contributed by atoms with Crippen molar-refractivity contribution in [2.24, 2.45) is 0 Å². The molecule has 0 bridgehead atoms. The van der Waals surface area contributed by atoms with Crippen LogP contribution in [0.25, 0.3) is 10.2 Å². The number of nitrogens with one attached hydrogen (secondary N) is 1. The highest BCUT2D eigenvalue weighted by molar-refractivity contribution is 7.99. The third-order valence-electron chi connectivity index (χ3n) is 4.48. The number of fused-ring (bicyclic) bond motifs is 1. The topological polar surface area (TPSA) is 64.0 Å². The average Bonchev–Trinajstić information content (AvgIpc) is 3.21. The maximum absolute atomic E-state index is 14.2. The first-order valence-electron chi connectivity index (χ1n) is 9.22. The van der Waals surface area contributed by atoms with Gasteiger partial charge in [-0.1, -0.05) is 47.7 Å². The predicted octanol–water partition coefficient (Wildman–Crippen LogP) is 4.68. The Labute approximate surface area is 180 Å². The van der Waals surface area contributed by atoms with E-state index in [2.05, 4.69) is 10.3 Å². The van der Waals surface area contributed by atoms with E-state index in [1.54, 1.807) is 29.6 Å². The number of nitrogens with zero attached hydrogens (tertiary/aromatic N) is 2. The summed E-state index contributed by atoms with van der Waals surface area (Å²) in [5.74, 6) is -0.516. The number of halogens is 1. The molecule has 2 aromatic heterocycles. The standard InChI is InChI=1S/C22H18FN3O2S2/c1-14-6-8-16(9-7-14)24-19(27)13-30-22-25-18-10-11-29-20(18)21(28)26(22)12-15-4-2-3-5-17(15)23/h2-11H,12-13H2,1H3,(H,24,27). The van der Waals surface area contributed by atoms with Crippen molar-refractivity contribution in [3.05, 3.63) is 87.3 Å². The molecule has 5 nitrogen and oxygen atoms in total. The molecule has 1 N–H and O–H groups in total. The number of hydrogen-bond donors (Lipinski definition) is 1. The van der Waals surface area contributed by atoms with E-state index in [1.165, 1.54) is 22.0 Å². The number of anilines is 1. The van der Waals surface area contributed by atoms with E-state index < -0.39 is 0 Å². The molecule has 4 aromatic rings. The number of thioether (sulfide) groups is 1. The van der Waals surface area contributed by atoms with Gasteiger partial charge in [0.2, 0.25) is 5.91 Å². The highest BCUT2D eigenvalue weighted by Crippen LogP contribution is 2.22. The van der Waals surface area contributed by atoms with E-state index in [-0.39, 0.29) is 29.6 Å². The van der Waals surface area contributed by atoms with Gasteiger partial charge >= 0.3 is 0 Å². The van der Waals surface area contributed by atoms with Gasteiger partial charge in [-0.05, 0) is 36.6 Å². The second-order valence-corrected chi connectivity index (χ2v) is 8.57. The average molecular weight is 440 g/mol. The summed E-state index contributed by atoms with van der Waals surface area (Å²) in [6, 6.07) is 15.6. The SMILES string of the molecule is Cc1ccc(NC(=O)CSc2nc3ccsc3c(=O)n2Cc2ccccc2F)cc1. The van der Waals surface area contributed by atoms with Crippen molar-refractivity contribution in [2.75, 3.05) is 11.1 Å². The quantitative estimate of drug-likeness (QED) is 0.350. The zero-order valence-corrected chi connectivity index (χ0v) is 17.7. The molecular weight excluding hydrogens is 421 g/mol. The van der Waals surface area contributed by atoms with Crippen LogP contribution in [-0.2, 0) is 11.3 Å². The Kier molecular flexibility index (Phi) is 5.96. The van der Waals surface area contributed by atoms with Gasteiger partial charge in [0, 0.05) is 11.3 Å². The van der Waals surface area contributed by atoms with E-state index >= 15 is 0 Å². The maximum atomic E-state index is 14.2. The number of thiophene rings is 1. The molecule has 0 aliphatic rings. The fourth-order valence-electron chi connectivity index (χ4n) is 2.93. The lowest BCUT2D eigenvalue weighted by atomic mass is 10.2. The van der Waals surface area contributed by atoms with Gasteiger partial charge in [-0.15, -0.1) is 11.3 Å². The Balaban J connectivity index is 1.59. The molecule has 0 fully saturated rings. The van der Waals surface area contributed by atoms with Crippen molar-refractivity contribution in [3.8, 4) is 0 Å².